The zero-order valence-corrected chi connectivity index (χ0v) is 29.0. The van der Waals surface area contributed by atoms with Crippen LogP contribution < -0.4 is 38.2 Å². The van der Waals surface area contributed by atoms with Gasteiger partial charge in [-0.25, -0.2) is 13.8 Å². The van der Waals surface area contributed by atoms with Crippen molar-refractivity contribution in [2.24, 2.45) is 5.10 Å². The van der Waals surface area contributed by atoms with E-state index in [1.54, 1.807) is 42.5 Å². The number of nitrogens with one attached hydrogen (secondary N) is 1. The Bertz CT molecular complexity index is 1910. The summed E-state index contributed by atoms with van der Waals surface area (Å²) in [6, 6.07) is 18.8. The Kier molecular flexibility index (Phi) is 12.2. The molecule has 48 heavy (non-hydrogen) atoms. The van der Waals surface area contributed by atoms with Crippen LogP contribution in [0.1, 0.15) is 11.1 Å². The molecule has 0 spiro atoms. The van der Waals surface area contributed by atoms with Gasteiger partial charge in [-0.3, -0.25) is 9.10 Å². The molecule has 0 aliphatic heterocycles. The highest BCUT2D eigenvalue weighted by molar-refractivity contribution is 7.92. The summed E-state index contributed by atoms with van der Waals surface area (Å²) in [5.74, 6) is 1.16. The van der Waals surface area contributed by atoms with Crippen molar-refractivity contribution in [1.29, 1.82) is 0 Å². The maximum Gasteiger partial charge on any atom is 0.265 e. The van der Waals surface area contributed by atoms with E-state index in [1.807, 2.05) is 0 Å². The molecule has 0 unspecified atom stereocenters. The van der Waals surface area contributed by atoms with Gasteiger partial charge in [0, 0.05) is 27.7 Å². The van der Waals surface area contributed by atoms with Gasteiger partial charge < -0.3 is 28.4 Å². The number of sulfonamides is 1. The van der Waals surface area contributed by atoms with E-state index in [1.165, 1.54) is 72.1 Å². The molecule has 0 aliphatic rings. The number of anilines is 1. The minimum absolute atomic E-state index is 0.0611. The normalized spacial score (nSPS) is 11.1. The summed E-state index contributed by atoms with van der Waals surface area (Å²) in [5.41, 5.74) is 3.75. The van der Waals surface area contributed by atoms with Crippen LogP contribution in [0.5, 0.6) is 34.5 Å². The van der Waals surface area contributed by atoms with Crippen LogP contribution in [0.2, 0.25) is 10.0 Å². The Balaban J connectivity index is 1.56. The van der Waals surface area contributed by atoms with E-state index in [-0.39, 0.29) is 28.7 Å². The molecule has 254 valence electrons. The SMILES string of the molecule is COc1ccc(OC)c(N(CC(=O)N/N=C\c2ccc(OCc3ccc(Cl)cc3Cl)c(OC)c2)S(=O)(=O)c2ccc(OC)c(OC)c2)c1. The molecule has 1 N–H and O–H groups in total. The van der Waals surface area contributed by atoms with Gasteiger partial charge in [0.1, 0.15) is 24.7 Å². The third kappa shape index (κ3) is 8.54. The zero-order chi connectivity index (χ0) is 34.8. The minimum atomic E-state index is -4.38. The number of amides is 1. The lowest BCUT2D eigenvalue weighted by Crippen LogP contribution is -2.39. The Labute approximate surface area is 288 Å². The third-order valence-corrected chi connectivity index (χ3v) is 9.22. The number of carbonyl (C=O) groups is 1. The predicted molar refractivity (Wildman–Crippen MR) is 183 cm³/mol. The number of carbonyl (C=O) groups excluding carboxylic acids is 1. The van der Waals surface area contributed by atoms with E-state index < -0.39 is 22.5 Å². The summed E-state index contributed by atoms with van der Waals surface area (Å²) in [5, 5.41) is 5.01. The van der Waals surface area contributed by atoms with Crippen LogP contribution >= 0.6 is 23.2 Å². The van der Waals surface area contributed by atoms with Gasteiger partial charge in [-0.05, 0) is 60.2 Å². The smallest absolute Gasteiger partial charge is 0.265 e. The second-order valence-electron chi connectivity index (χ2n) is 9.79. The van der Waals surface area contributed by atoms with Crippen molar-refractivity contribution in [2.45, 2.75) is 11.5 Å². The molecule has 4 aromatic rings. The molecule has 0 aliphatic carbocycles. The summed E-state index contributed by atoms with van der Waals surface area (Å²) in [6.45, 7) is -0.489. The molecular formula is C33H33Cl2N3O9S. The average molecular weight is 719 g/mol. The number of hydrogen-bond donors (Lipinski definition) is 1. The second-order valence-corrected chi connectivity index (χ2v) is 12.5. The van der Waals surface area contributed by atoms with Gasteiger partial charge in [0.25, 0.3) is 15.9 Å². The van der Waals surface area contributed by atoms with Gasteiger partial charge in [-0.1, -0.05) is 29.3 Å². The van der Waals surface area contributed by atoms with Crippen molar-refractivity contribution in [3.05, 3.63) is 94.0 Å². The fourth-order valence-corrected chi connectivity index (χ4v) is 6.32. The van der Waals surface area contributed by atoms with Gasteiger partial charge >= 0.3 is 0 Å². The average Bonchev–Trinajstić information content (AvgIpc) is 3.09. The largest absolute Gasteiger partial charge is 0.497 e. The molecular weight excluding hydrogens is 685 g/mol. The van der Waals surface area contributed by atoms with E-state index in [2.05, 4.69) is 10.5 Å². The highest BCUT2D eigenvalue weighted by atomic mass is 35.5. The van der Waals surface area contributed by atoms with Gasteiger partial charge in [0.05, 0.1) is 52.3 Å². The summed E-state index contributed by atoms with van der Waals surface area (Å²) in [6.07, 6.45) is 1.37. The number of hydrazone groups is 1. The van der Waals surface area contributed by atoms with Crippen molar-refractivity contribution in [2.75, 3.05) is 46.4 Å². The van der Waals surface area contributed by atoms with Crippen molar-refractivity contribution < 1.29 is 41.6 Å². The van der Waals surface area contributed by atoms with Crippen molar-refractivity contribution in [3.63, 3.8) is 0 Å². The summed E-state index contributed by atoms with van der Waals surface area (Å²) in [4.78, 5) is 13.0. The first-order chi connectivity index (χ1) is 23.0. The zero-order valence-electron chi connectivity index (χ0n) is 26.7. The number of benzene rings is 4. The fraction of sp³-hybridized carbons (Fsp3) is 0.212. The van der Waals surface area contributed by atoms with Crippen molar-refractivity contribution in [1.82, 2.24) is 5.43 Å². The van der Waals surface area contributed by atoms with E-state index in [9.17, 15) is 13.2 Å². The van der Waals surface area contributed by atoms with Crippen LogP contribution in [-0.4, -0.2) is 62.6 Å². The third-order valence-electron chi connectivity index (χ3n) is 6.87. The Morgan fingerprint density at radius 2 is 1.44 bits per heavy atom. The summed E-state index contributed by atoms with van der Waals surface area (Å²) < 4.78 is 61.7. The maximum absolute atomic E-state index is 14.1. The van der Waals surface area contributed by atoms with E-state index in [4.69, 9.17) is 51.6 Å². The molecule has 0 heterocycles. The molecule has 12 nitrogen and oxygen atoms in total. The number of hydrogen-bond acceptors (Lipinski definition) is 10. The summed E-state index contributed by atoms with van der Waals surface area (Å²) >= 11 is 12.2. The van der Waals surface area contributed by atoms with Crippen molar-refractivity contribution >= 4 is 51.0 Å². The van der Waals surface area contributed by atoms with E-state index >= 15 is 0 Å². The molecule has 0 saturated carbocycles. The molecule has 15 heteroatoms. The van der Waals surface area contributed by atoms with Crippen LogP contribution in [0.15, 0.2) is 82.8 Å². The second kappa shape index (κ2) is 16.3. The Hall–Kier alpha value is -4.85. The van der Waals surface area contributed by atoms with Gasteiger partial charge in [-0.15, -0.1) is 0 Å². The highest BCUT2D eigenvalue weighted by Crippen LogP contribution is 2.37. The number of halogens is 2. The topological polar surface area (TPSA) is 134 Å². The molecule has 0 aromatic heterocycles. The van der Waals surface area contributed by atoms with Crippen LogP contribution in [0, 0.1) is 0 Å². The van der Waals surface area contributed by atoms with Crippen molar-refractivity contribution in [3.8, 4) is 34.5 Å². The standard InChI is InChI=1S/C33H33Cl2N3O9S/c1-42-24-9-12-28(43-2)27(16-24)38(48(40,41)25-10-13-29(44-3)32(17-25)46-5)19-33(39)37-36-18-21-6-11-30(31(14-21)45-4)47-20-22-7-8-23(34)15-26(22)35/h6-18H,19-20H2,1-5H3,(H,37,39)/b36-18-. The first-order valence-corrected chi connectivity index (χ1v) is 16.3. The lowest BCUT2D eigenvalue weighted by atomic mass is 10.2. The number of rotatable bonds is 15. The molecule has 4 aromatic carbocycles. The van der Waals surface area contributed by atoms with Crippen LogP contribution in [0.4, 0.5) is 5.69 Å². The molecule has 0 fully saturated rings. The summed E-state index contributed by atoms with van der Waals surface area (Å²) in [7, 11) is 2.74. The van der Waals surface area contributed by atoms with E-state index in [0.717, 1.165) is 9.87 Å². The van der Waals surface area contributed by atoms with Gasteiger partial charge in [0.15, 0.2) is 23.0 Å². The molecule has 0 bridgehead atoms. The number of methoxy groups -OCH3 is 5. The van der Waals surface area contributed by atoms with Crippen LogP contribution in [0.3, 0.4) is 0 Å². The lowest BCUT2D eigenvalue weighted by molar-refractivity contribution is -0.119. The van der Waals surface area contributed by atoms with Crippen LogP contribution in [-0.2, 0) is 21.4 Å². The number of ether oxygens (including phenoxy) is 6. The quantitative estimate of drug-likeness (QED) is 0.117. The Morgan fingerprint density at radius 1 is 0.771 bits per heavy atom. The molecule has 0 atom stereocenters. The van der Waals surface area contributed by atoms with Crippen LogP contribution in [0.25, 0.3) is 0 Å². The molecule has 1 amide bonds. The van der Waals surface area contributed by atoms with Gasteiger partial charge in [0.2, 0.25) is 0 Å². The highest BCUT2D eigenvalue weighted by Gasteiger charge is 2.31. The lowest BCUT2D eigenvalue weighted by Gasteiger charge is -2.26. The predicted octanol–water partition coefficient (Wildman–Crippen LogP) is 5.96. The molecule has 4 rings (SSSR count). The van der Waals surface area contributed by atoms with Gasteiger partial charge in [-0.2, -0.15) is 5.10 Å². The molecule has 0 saturated heterocycles. The number of nitrogens with zero attached hydrogens (tertiary/aromatic N) is 2. The van der Waals surface area contributed by atoms with E-state index in [0.29, 0.717) is 38.6 Å². The Morgan fingerprint density at radius 3 is 2.10 bits per heavy atom. The first-order valence-electron chi connectivity index (χ1n) is 14.1. The molecule has 0 radical (unpaired) electrons. The maximum atomic E-state index is 14.1. The first kappa shape index (κ1) is 36.0. The monoisotopic (exact) mass is 717 g/mol. The minimum Gasteiger partial charge on any atom is -0.497 e. The fourth-order valence-electron chi connectivity index (χ4n) is 4.42.